The van der Waals surface area contributed by atoms with Crippen LogP contribution in [0.15, 0.2) is 42.5 Å². The lowest BCUT2D eigenvalue weighted by Crippen LogP contribution is -2.23. The number of hydrogen-bond acceptors (Lipinski definition) is 2. The molecule has 0 bridgehead atoms. The maximum Gasteiger partial charge on any atom is 0.0455 e. The highest BCUT2D eigenvalue weighted by molar-refractivity contribution is 7.12. The van der Waals surface area contributed by atoms with Crippen molar-refractivity contribution in [3.8, 4) is 0 Å². The van der Waals surface area contributed by atoms with Crippen molar-refractivity contribution in [2.75, 3.05) is 6.54 Å². The summed E-state index contributed by atoms with van der Waals surface area (Å²) in [7, 11) is 0. The highest BCUT2D eigenvalue weighted by atomic mass is 32.1. The first kappa shape index (κ1) is 13.3. The van der Waals surface area contributed by atoms with Crippen molar-refractivity contribution in [1.29, 1.82) is 0 Å². The number of hydrogen-bond donors (Lipinski definition) is 1. The van der Waals surface area contributed by atoms with Crippen LogP contribution in [0.4, 0.5) is 0 Å². The van der Waals surface area contributed by atoms with E-state index in [1.807, 2.05) is 11.3 Å². The molecule has 0 aliphatic heterocycles. The lowest BCUT2D eigenvalue weighted by molar-refractivity contribution is 0.536. The first-order chi connectivity index (χ1) is 8.79. The molecule has 0 radical (unpaired) electrons. The molecular formula is C16H21NS. The van der Waals surface area contributed by atoms with Crippen LogP contribution in [-0.2, 0) is 6.42 Å². The van der Waals surface area contributed by atoms with Gasteiger partial charge in [0.1, 0.15) is 0 Å². The molecule has 2 heteroatoms. The molecule has 1 heterocycles. The highest BCUT2D eigenvalue weighted by Crippen LogP contribution is 2.25. The van der Waals surface area contributed by atoms with E-state index in [-0.39, 0.29) is 0 Å². The van der Waals surface area contributed by atoms with Crippen molar-refractivity contribution >= 4 is 11.3 Å². The van der Waals surface area contributed by atoms with Crippen LogP contribution in [0.5, 0.6) is 0 Å². The van der Waals surface area contributed by atoms with Gasteiger partial charge in [0.25, 0.3) is 0 Å². The van der Waals surface area contributed by atoms with E-state index >= 15 is 0 Å². The quantitative estimate of drug-likeness (QED) is 0.813. The van der Waals surface area contributed by atoms with E-state index in [0.717, 1.165) is 13.0 Å². The Morgan fingerprint density at radius 3 is 2.50 bits per heavy atom. The van der Waals surface area contributed by atoms with E-state index in [2.05, 4.69) is 61.6 Å². The van der Waals surface area contributed by atoms with Crippen LogP contribution in [0.2, 0.25) is 0 Å². The van der Waals surface area contributed by atoms with E-state index in [0.29, 0.717) is 6.04 Å². The van der Waals surface area contributed by atoms with Crippen molar-refractivity contribution in [2.45, 2.75) is 32.7 Å². The average molecular weight is 259 g/mol. The topological polar surface area (TPSA) is 12.0 Å². The molecular weight excluding hydrogens is 238 g/mol. The van der Waals surface area contributed by atoms with Gasteiger partial charge in [-0.15, -0.1) is 11.3 Å². The second-order valence-electron chi connectivity index (χ2n) is 4.64. The fourth-order valence-corrected chi connectivity index (χ4v) is 3.04. The molecule has 0 spiro atoms. The molecule has 1 aromatic carbocycles. The van der Waals surface area contributed by atoms with Crippen LogP contribution < -0.4 is 5.32 Å². The van der Waals surface area contributed by atoms with Crippen LogP contribution in [0, 0.1) is 6.92 Å². The molecule has 1 nitrogen and oxygen atoms in total. The molecule has 2 rings (SSSR count). The molecule has 0 saturated heterocycles. The van der Waals surface area contributed by atoms with Gasteiger partial charge in [-0.05, 0) is 44.0 Å². The second kappa shape index (κ2) is 6.72. The molecule has 1 atom stereocenters. The summed E-state index contributed by atoms with van der Waals surface area (Å²) < 4.78 is 0. The SMILES string of the molecule is CCCNC(Cc1ccccc1)c1ccc(C)s1. The molecule has 96 valence electrons. The van der Waals surface area contributed by atoms with Gasteiger partial charge in [0.15, 0.2) is 0 Å². The Labute approximate surface area is 114 Å². The third-order valence-electron chi connectivity index (χ3n) is 3.03. The molecule has 2 aromatic rings. The maximum absolute atomic E-state index is 3.66. The number of nitrogens with one attached hydrogen (secondary N) is 1. The predicted octanol–water partition coefficient (Wildman–Crippen LogP) is 4.34. The molecule has 1 unspecified atom stereocenters. The summed E-state index contributed by atoms with van der Waals surface area (Å²) in [5.74, 6) is 0. The zero-order chi connectivity index (χ0) is 12.8. The second-order valence-corrected chi connectivity index (χ2v) is 5.96. The third kappa shape index (κ3) is 3.69. The van der Waals surface area contributed by atoms with Crippen LogP contribution >= 0.6 is 11.3 Å². The number of aryl methyl sites for hydroxylation is 1. The third-order valence-corrected chi connectivity index (χ3v) is 4.14. The van der Waals surface area contributed by atoms with E-state index in [1.165, 1.54) is 21.7 Å². The van der Waals surface area contributed by atoms with Crippen molar-refractivity contribution in [3.05, 3.63) is 57.8 Å². The van der Waals surface area contributed by atoms with Gasteiger partial charge >= 0.3 is 0 Å². The summed E-state index contributed by atoms with van der Waals surface area (Å²) in [5.41, 5.74) is 1.40. The fraction of sp³-hybridized carbons (Fsp3) is 0.375. The molecule has 1 N–H and O–H groups in total. The van der Waals surface area contributed by atoms with Crippen molar-refractivity contribution < 1.29 is 0 Å². The summed E-state index contributed by atoms with van der Waals surface area (Å²) in [6.45, 7) is 5.47. The van der Waals surface area contributed by atoms with Gasteiger partial charge in [0.2, 0.25) is 0 Å². The van der Waals surface area contributed by atoms with Gasteiger partial charge < -0.3 is 5.32 Å². The van der Waals surface area contributed by atoms with Gasteiger partial charge in [-0.2, -0.15) is 0 Å². The molecule has 0 saturated carbocycles. The standard InChI is InChI=1S/C16H21NS/c1-3-11-17-15(16-10-9-13(2)18-16)12-14-7-5-4-6-8-14/h4-10,15,17H,3,11-12H2,1-2H3. The number of benzene rings is 1. The van der Waals surface area contributed by atoms with E-state index in [9.17, 15) is 0 Å². The van der Waals surface area contributed by atoms with Crippen molar-refractivity contribution in [2.24, 2.45) is 0 Å². The predicted molar refractivity (Wildman–Crippen MR) is 80.2 cm³/mol. The van der Waals surface area contributed by atoms with E-state index in [4.69, 9.17) is 0 Å². The minimum Gasteiger partial charge on any atom is -0.309 e. The molecule has 0 aliphatic carbocycles. The summed E-state index contributed by atoms with van der Waals surface area (Å²) >= 11 is 1.90. The van der Waals surface area contributed by atoms with Gasteiger partial charge in [0.05, 0.1) is 0 Å². The lowest BCUT2D eigenvalue weighted by atomic mass is 10.0. The smallest absolute Gasteiger partial charge is 0.0455 e. The minimum atomic E-state index is 0.450. The first-order valence-electron chi connectivity index (χ1n) is 6.63. The Balaban J connectivity index is 2.10. The van der Waals surface area contributed by atoms with Gasteiger partial charge in [-0.3, -0.25) is 0 Å². The zero-order valence-electron chi connectivity index (χ0n) is 11.1. The van der Waals surface area contributed by atoms with Gasteiger partial charge in [0, 0.05) is 15.8 Å². The minimum absolute atomic E-state index is 0.450. The number of rotatable bonds is 6. The molecule has 18 heavy (non-hydrogen) atoms. The highest BCUT2D eigenvalue weighted by Gasteiger charge is 2.13. The molecule has 0 fully saturated rings. The normalized spacial score (nSPS) is 12.6. The Morgan fingerprint density at radius 2 is 1.89 bits per heavy atom. The van der Waals surface area contributed by atoms with Crippen LogP contribution in [0.1, 0.15) is 34.7 Å². The van der Waals surface area contributed by atoms with Crippen LogP contribution in [-0.4, -0.2) is 6.54 Å². The Hall–Kier alpha value is -1.12. The van der Waals surface area contributed by atoms with Crippen molar-refractivity contribution in [3.63, 3.8) is 0 Å². The summed E-state index contributed by atoms with van der Waals surface area (Å²) in [6.07, 6.45) is 2.25. The summed E-state index contributed by atoms with van der Waals surface area (Å²) in [5, 5.41) is 3.66. The molecule has 0 amide bonds. The van der Waals surface area contributed by atoms with Crippen molar-refractivity contribution in [1.82, 2.24) is 5.32 Å². The average Bonchev–Trinajstić information content (AvgIpc) is 2.82. The molecule has 1 aromatic heterocycles. The lowest BCUT2D eigenvalue weighted by Gasteiger charge is -2.17. The molecule has 0 aliphatic rings. The fourth-order valence-electron chi connectivity index (χ4n) is 2.08. The van der Waals surface area contributed by atoms with Crippen LogP contribution in [0.25, 0.3) is 0 Å². The summed E-state index contributed by atoms with van der Waals surface area (Å²) in [4.78, 5) is 2.84. The largest absolute Gasteiger partial charge is 0.309 e. The monoisotopic (exact) mass is 259 g/mol. The Bertz CT molecular complexity index is 461. The summed E-state index contributed by atoms with van der Waals surface area (Å²) in [6, 6.07) is 15.7. The Kier molecular flexibility index (Phi) is 4.97. The van der Waals surface area contributed by atoms with E-state index in [1.54, 1.807) is 0 Å². The zero-order valence-corrected chi connectivity index (χ0v) is 12.0. The van der Waals surface area contributed by atoms with Crippen LogP contribution in [0.3, 0.4) is 0 Å². The van der Waals surface area contributed by atoms with Gasteiger partial charge in [-0.25, -0.2) is 0 Å². The van der Waals surface area contributed by atoms with E-state index < -0.39 is 0 Å². The maximum atomic E-state index is 3.66. The Morgan fingerprint density at radius 1 is 1.11 bits per heavy atom. The van der Waals surface area contributed by atoms with Gasteiger partial charge in [-0.1, -0.05) is 37.3 Å². The number of thiophene rings is 1. The first-order valence-corrected chi connectivity index (χ1v) is 7.45.